The summed E-state index contributed by atoms with van der Waals surface area (Å²) in [5.74, 6) is 0.391. The summed E-state index contributed by atoms with van der Waals surface area (Å²) in [7, 11) is 1.58. The molecule has 0 saturated carbocycles. The molecule has 1 aliphatic heterocycles. The number of ether oxygens (including phenoxy) is 1. The molecule has 2 amide bonds. The number of imide groups is 1. The van der Waals surface area contributed by atoms with Crippen molar-refractivity contribution in [1.29, 1.82) is 0 Å². The van der Waals surface area contributed by atoms with Gasteiger partial charge in [0.05, 0.1) is 25.8 Å². The van der Waals surface area contributed by atoms with Gasteiger partial charge in [0.1, 0.15) is 5.75 Å². The predicted octanol–water partition coefficient (Wildman–Crippen LogP) is 1.61. The highest BCUT2D eigenvalue weighted by Gasteiger charge is 2.42. The number of quaternary nitrogens is 1. The van der Waals surface area contributed by atoms with E-state index in [1.54, 1.807) is 31.4 Å². The maximum absolute atomic E-state index is 12.7. The van der Waals surface area contributed by atoms with E-state index in [4.69, 9.17) is 4.74 Å². The van der Waals surface area contributed by atoms with Gasteiger partial charge >= 0.3 is 0 Å². The van der Waals surface area contributed by atoms with Crippen LogP contribution in [-0.2, 0) is 16.0 Å². The van der Waals surface area contributed by atoms with Gasteiger partial charge in [0.15, 0.2) is 6.04 Å². The van der Waals surface area contributed by atoms with Crippen molar-refractivity contribution in [2.75, 3.05) is 18.6 Å². The van der Waals surface area contributed by atoms with Gasteiger partial charge in [-0.05, 0) is 35.9 Å². The fourth-order valence-electron chi connectivity index (χ4n) is 3.62. The highest BCUT2D eigenvalue weighted by atomic mass is 16.5. The molecule has 2 heterocycles. The molecule has 2 aromatic carbocycles. The molecule has 27 heavy (non-hydrogen) atoms. The number of carbonyl (C=O) groups excluding carboxylic acids is 2. The molecule has 1 saturated heterocycles. The highest BCUT2D eigenvalue weighted by Crippen LogP contribution is 2.24. The van der Waals surface area contributed by atoms with Crippen molar-refractivity contribution in [2.45, 2.75) is 18.9 Å². The smallest absolute Gasteiger partial charge is 0.292 e. The van der Waals surface area contributed by atoms with Gasteiger partial charge in [-0.3, -0.25) is 9.59 Å². The van der Waals surface area contributed by atoms with Gasteiger partial charge in [-0.1, -0.05) is 18.2 Å². The average Bonchev–Trinajstić information content (AvgIpc) is 3.23. The van der Waals surface area contributed by atoms with Crippen molar-refractivity contribution in [2.24, 2.45) is 0 Å². The lowest BCUT2D eigenvalue weighted by Crippen LogP contribution is -2.92. The summed E-state index contributed by atoms with van der Waals surface area (Å²) in [6, 6.07) is 14.8. The lowest BCUT2D eigenvalue weighted by atomic mass is 10.1. The van der Waals surface area contributed by atoms with E-state index in [0.717, 1.165) is 18.5 Å². The normalized spacial score (nSPS) is 17.1. The number of anilines is 1. The van der Waals surface area contributed by atoms with Gasteiger partial charge in [-0.15, -0.1) is 0 Å². The molecule has 0 spiro atoms. The predicted molar refractivity (Wildman–Crippen MR) is 103 cm³/mol. The van der Waals surface area contributed by atoms with Crippen LogP contribution in [0.2, 0.25) is 0 Å². The number of rotatable bonds is 6. The molecule has 3 aromatic rings. The third kappa shape index (κ3) is 3.31. The number of nitrogens with two attached hydrogens (primary N) is 1. The summed E-state index contributed by atoms with van der Waals surface area (Å²) in [4.78, 5) is 29.6. The van der Waals surface area contributed by atoms with Crippen LogP contribution < -0.4 is 15.0 Å². The number of carbonyl (C=O) groups is 2. The molecule has 0 aliphatic carbocycles. The fourth-order valence-corrected chi connectivity index (χ4v) is 3.62. The molecule has 0 unspecified atom stereocenters. The summed E-state index contributed by atoms with van der Waals surface area (Å²) >= 11 is 0. The Morgan fingerprint density at radius 3 is 2.70 bits per heavy atom. The van der Waals surface area contributed by atoms with Gasteiger partial charge < -0.3 is 15.0 Å². The van der Waals surface area contributed by atoms with Crippen LogP contribution in [0, 0.1) is 0 Å². The molecule has 6 nitrogen and oxygen atoms in total. The number of nitrogens with zero attached hydrogens (tertiary/aromatic N) is 1. The van der Waals surface area contributed by atoms with Crippen LogP contribution in [0.1, 0.15) is 12.0 Å². The van der Waals surface area contributed by atoms with E-state index in [1.807, 2.05) is 23.6 Å². The van der Waals surface area contributed by atoms with Crippen LogP contribution in [-0.4, -0.2) is 36.5 Å². The van der Waals surface area contributed by atoms with Crippen molar-refractivity contribution < 1.29 is 19.6 Å². The van der Waals surface area contributed by atoms with Gasteiger partial charge in [-0.2, -0.15) is 0 Å². The second-order valence-corrected chi connectivity index (χ2v) is 6.71. The first kappa shape index (κ1) is 17.3. The Balaban J connectivity index is 1.40. The Morgan fingerprint density at radius 2 is 1.93 bits per heavy atom. The highest BCUT2D eigenvalue weighted by molar-refractivity contribution is 6.21. The first-order chi connectivity index (χ1) is 13.2. The zero-order valence-corrected chi connectivity index (χ0v) is 15.1. The number of aromatic nitrogens is 1. The van der Waals surface area contributed by atoms with Crippen LogP contribution >= 0.6 is 0 Å². The van der Waals surface area contributed by atoms with E-state index >= 15 is 0 Å². The van der Waals surface area contributed by atoms with Gasteiger partial charge in [0.25, 0.3) is 5.91 Å². The molecule has 4 rings (SSSR count). The fraction of sp³-hybridized carbons (Fsp3) is 0.238. The van der Waals surface area contributed by atoms with Crippen molar-refractivity contribution in [3.63, 3.8) is 0 Å². The SMILES string of the molecule is COc1ccc(N2C(=O)C[C@H]([NH2+]CCc3c[nH]c4ccccc34)C2=O)cc1. The minimum absolute atomic E-state index is 0.149. The Bertz CT molecular complexity index is 978. The molecule has 6 heteroatoms. The second-order valence-electron chi connectivity index (χ2n) is 6.71. The summed E-state index contributed by atoms with van der Waals surface area (Å²) in [6.07, 6.45) is 3.09. The summed E-state index contributed by atoms with van der Waals surface area (Å²) < 4.78 is 5.13. The third-order valence-corrected chi connectivity index (χ3v) is 5.05. The van der Waals surface area contributed by atoms with E-state index in [-0.39, 0.29) is 24.3 Å². The van der Waals surface area contributed by atoms with Crippen LogP contribution in [0.25, 0.3) is 10.9 Å². The lowest BCUT2D eigenvalue weighted by molar-refractivity contribution is -0.674. The summed E-state index contributed by atoms with van der Waals surface area (Å²) in [5.41, 5.74) is 2.94. The molecule has 1 aromatic heterocycles. The van der Waals surface area contributed by atoms with Crippen LogP contribution in [0.3, 0.4) is 0 Å². The Hall–Kier alpha value is -3.12. The topological polar surface area (TPSA) is 79.0 Å². The first-order valence-corrected chi connectivity index (χ1v) is 9.06. The monoisotopic (exact) mass is 364 g/mol. The molecular weight excluding hydrogens is 342 g/mol. The first-order valence-electron chi connectivity index (χ1n) is 9.06. The van der Waals surface area contributed by atoms with Crippen LogP contribution in [0.4, 0.5) is 5.69 Å². The number of hydrogen-bond acceptors (Lipinski definition) is 3. The van der Waals surface area contributed by atoms with Crippen molar-refractivity contribution in [1.82, 2.24) is 4.98 Å². The number of H-pyrrole nitrogens is 1. The number of benzene rings is 2. The standard InChI is InChI=1S/C21H21N3O3/c1-27-16-8-6-15(7-9-16)24-20(25)12-19(21(24)26)22-11-10-14-13-23-18-5-3-2-4-17(14)18/h2-9,13,19,22-23H,10-12H2,1H3/p+1/t19-/m0/s1. The summed E-state index contributed by atoms with van der Waals surface area (Å²) in [6.45, 7) is 0.752. The average molecular weight is 364 g/mol. The maximum Gasteiger partial charge on any atom is 0.292 e. The number of fused-ring (bicyclic) bond motifs is 1. The Labute approximate surface area is 157 Å². The second kappa shape index (κ2) is 7.25. The van der Waals surface area contributed by atoms with Crippen molar-refractivity contribution >= 4 is 28.4 Å². The minimum atomic E-state index is -0.357. The van der Waals surface area contributed by atoms with E-state index in [0.29, 0.717) is 11.4 Å². The molecule has 1 aliphatic rings. The zero-order chi connectivity index (χ0) is 18.8. The maximum atomic E-state index is 12.7. The lowest BCUT2D eigenvalue weighted by Gasteiger charge is -2.14. The molecule has 1 atom stereocenters. The number of aromatic amines is 1. The third-order valence-electron chi connectivity index (χ3n) is 5.05. The van der Waals surface area contributed by atoms with Gasteiger partial charge in [-0.25, -0.2) is 4.90 Å². The quantitative estimate of drug-likeness (QED) is 0.653. The zero-order valence-electron chi connectivity index (χ0n) is 15.1. The van der Waals surface area contributed by atoms with E-state index < -0.39 is 0 Å². The molecule has 3 N–H and O–H groups in total. The molecular formula is C21H22N3O3+. The molecule has 0 radical (unpaired) electrons. The van der Waals surface area contributed by atoms with E-state index in [2.05, 4.69) is 17.1 Å². The van der Waals surface area contributed by atoms with Crippen molar-refractivity contribution in [3.05, 3.63) is 60.3 Å². The Morgan fingerprint density at radius 1 is 1.15 bits per heavy atom. The largest absolute Gasteiger partial charge is 0.497 e. The summed E-state index contributed by atoms with van der Waals surface area (Å²) in [5, 5.41) is 3.19. The van der Waals surface area contributed by atoms with Crippen molar-refractivity contribution in [3.8, 4) is 5.75 Å². The number of para-hydroxylation sites is 1. The molecule has 1 fully saturated rings. The number of nitrogens with one attached hydrogen (secondary N) is 1. The van der Waals surface area contributed by atoms with E-state index in [9.17, 15) is 9.59 Å². The molecule has 138 valence electrons. The van der Waals surface area contributed by atoms with Gasteiger partial charge in [0, 0.05) is 23.5 Å². The number of hydrogen-bond donors (Lipinski definition) is 2. The minimum Gasteiger partial charge on any atom is -0.497 e. The molecule has 0 bridgehead atoms. The van der Waals surface area contributed by atoms with Gasteiger partial charge in [0.2, 0.25) is 5.91 Å². The van der Waals surface area contributed by atoms with E-state index in [1.165, 1.54) is 15.8 Å². The Kier molecular flexibility index (Phi) is 4.64. The van der Waals surface area contributed by atoms with Crippen LogP contribution in [0.15, 0.2) is 54.7 Å². The van der Waals surface area contributed by atoms with Crippen LogP contribution in [0.5, 0.6) is 5.75 Å². The number of amides is 2. The number of methoxy groups -OCH3 is 1.